The molecule has 2 aromatic rings. The third-order valence-corrected chi connectivity index (χ3v) is 2.65. The molecule has 0 saturated carbocycles. The molecule has 1 heterocycles. The Bertz CT molecular complexity index is 616. The van der Waals surface area contributed by atoms with Crippen LogP contribution in [0, 0.1) is 6.92 Å². The maximum atomic E-state index is 11.5. The summed E-state index contributed by atoms with van der Waals surface area (Å²) in [7, 11) is 0. The fraction of sp³-hybridized carbons (Fsp3) is 0.214. The molecule has 2 N–H and O–H groups in total. The first-order valence-corrected chi connectivity index (χ1v) is 6.09. The minimum Gasteiger partial charge on any atom is -0.481 e. The quantitative estimate of drug-likeness (QED) is 0.873. The van der Waals surface area contributed by atoms with Gasteiger partial charge in [0, 0.05) is 24.6 Å². The summed E-state index contributed by atoms with van der Waals surface area (Å²) in [6.07, 6.45) is 1.34. The van der Waals surface area contributed by atoms with Crippen LogP contribution >= 0.6 is 0 Å². The zero-order chi connectivity index (χ0) is 14.5. The van der Waals surface area contributed by atoms with Crippen LogP contribution in [0.1, 0.15) is 18.7 Å². The first-order valence-electron chi connectivity index (χ1n) is 6.09. The lowest BCUT2D eigenvalue weighted by Crippen LogP contribution is -2.13. The van der Waals surface area contributed by atoms with Gasteiger partial charge in [0.15, 0.2) is 5.89 Å². The number of hydrogen-bond acceptors (Lipinski definition) is 4. The van der Waals surface area contributed by atoms with Crippen molar-refractivity contribution in [2.75, 3.05) is 5.32 Å². The summed E-state index contributed by atoms with van der Waals surface area (Å²) in [5.41, 5.74) is 2.22. The highest BCUT2D eigenvalue weighted by molar-refractivity contribution is 5.92. The van der Waals surface area contributed by atoms with Crippen molar-refractivity contribution in [1.82, 2.24) is 4.98 Å². The Balaban J connectivity index is 1.98. The Hall–Kier alpha value is -2.63. The average molecular weight is 274 g/mol. The van der Waals surface area contributed by atoms with Crippen molar-refractivity contribution in [1.29, 1.82) is 0 Å². The van der Waals surface area contributed by atoms with Gasteiger partial charge in [0.05, 0.1) is 6.42 Å². The van der Waals surface area contributed by atoms with Crippen molar-refractivity contribution >= 4 is 17.6 Å². The number of amides is 1. The highest BCUT2D eigenvalue weighted by atomic mass is 16.4. The monoisotopic (exact) mass is 274 g/mol. The number of anilines is 1. The number of rotatable bonds is 5. The predicted molar refractivity (Wildman–Crippen MR) is 72.2 cm³/mol. The molecule has 2 rings (SSSR count). The molecule has 0 radical (unpaired) electrons. The van der Waals surface area contributed by atoms with Crippen LogP contribution in [0.5, 0.6) is 0 Å². The van der Waals surface area contributed by atoms with Crippen molar-refractivity contribution in [2.45, 2.75) is 19.8 Å². The van der Waals surface area contributed by atoms with E-state index in [4.69, 9.17) is 9.52 Å². The van der Waals surface area contributed by atoms with E-state index in [9.17, 15) is 9.59 Å². The molecule has 104 valence electrons. The van der Waals surface area contributed by atoms with E-state index in [1.807, 2.05) is 12.1 Å². The molecule has 0 atom stereocenters. The summed E-state index contributed by atoms with van der Waals surface area (Å²) in [6.45, 7) is 1.76. The van der Waals surface area contributed by atoms with Gasteiger partial charge in [-0.2, -0.15) is 0 Å². The summed E-state index contributed by atoms with van der Waals surface area (Å²) in [4.78, 5) is 26.0. The van der Waals surface area contributed by atoms with Gasteiger partial charge in [0.1, 0.15) is 12.0 Å². The van der Waals surface area contributed by atoms with Crippen LogP contribution < -0.4 is 5.32 Å². The number of nitrogens with zero attached hydrogens (tertiary/aromatic N) is 1. The molecule has 0 aliphatic carbocycles. The number of oxazole rings is 1. The number of carbonyl (C=O) groups is 2. The van der Waals surface area contributed by atoms with Crippen LogP contribution in [0.3, 0.4) is 0 Å². The lowest BCUT2D eigenvalue weighted by atomic mass is 10.1. The van der Waals surface area contributed by atoms with Crippen molar-refractivity contribution in [3.8, 4) is 11.3 Å². The van der Waals surface area contributed by atoms with Crippen LogP contribution in [0.4, 0.5) is 5.69 Å². The van der Waals surface area contributed by atoms with E-state index in [1.165, 1.54) is 0 Å². The van der Waals surface area contributed by atoms with Crippen molar-refractivity contribution in [3.63, 3.8) is 0 Å². The second-order valence-electron chi connectivity index (χ2n) is 4.27. The minimum atomic E-state index is -0.989. The lowest BCUT2D eigenvalue weighted by molar-refractivity contribution is -0.138. The Morgan fingerprint density at radius 1 is 1.25 bits per heavy atom. The van der Waals surface area contributed by atoms with Gasteiger partial charge in [0.2, 0.25) is 5.91 Å². The number of carboxylic acids is 1. The van der Waals surface area contributed by atoms with Crippen LogP contribution in [-0.4, -0.2) is 22.0 Å². The molecular formula is C14H14N2O4. The summed E-state index contributed by atoms with van der Waals surface area (Å²) >= 11 is 0. The Labute approximate surface area is 115 Å². The second kappa shape index (κ2) is 6.01. The van der Waals surface area contributed by atoms with Gasteiger partial charge >= 0.3 is 5.97 Å². The fourth-order valence-electron chi connectivity index (χ4n) is 1.66. The molecule has 1 amide bonds. The van der Waals surface area contributed by atoms with Gasteiger partial charge in [-0.3, -0.25) is 9.59 Å². The molecule has 0 bridgehead atoms. The third-order valence-electron chi connectivity index (χ3n) is 2.65. The molecule has 6 nitrogen and oxygen atoms in total. The molecule has 0 spiro atoms. The van der Waals surface area contributed by atoms with Crippen LogP contribution in [0.15, 0.2) is 34.9 Å². The van der Waals surface area contributed by atoms with Crippen molar-refractivity contribution < 1.29 is 19.1 Å². The van der Waals surface area contributed by atoms with Crippen LogP contribution in [0.2, 0.25) is 0 Å². The maximum Gasteiger partial charge on any atom is 0.303 e. The van der Waals surface area contributed by atoms with E-state index < -0.39 is 5.97 Å². The minimum absolute atomic E-state index is 0.0421. The molecule has 0 aliphatic rings. The second-order valence-corrected chi connectivity index (χ2v) is 4.27. The lowest BCUT2D eigenvalue weighted by Gasteiger charge is -2.04. The number of benzene rings is 1. The summed E-state index contributed by atoms with van der Waals surface area (Å²) in [6, 6.07) is 7.09. The maximum absolute atomic E-state index is 11.5. The highest BCUT2D eigenvalue weighted by Crippen LogP contribution is 2.20. The molecule has 6 heteroatoms. The van der Waals surface area contributed by atoms with E-state index >= 15 is 0 Å². The number of aryl methyl sites for hydroxylation is 1. The number of aliphatic carboxylic acids is 1. The molecule has 0 aliphatic heterocycles. The Morgan fingerprint density at radius 2 is 1.95 bits per heavy atom. The highest BCUT2D eigenvalue weighted by Gasteiger charge is 2.07. The van der Waals surface area contributed by atoms with Crippen LogP contribution in [0.25, 0.3) is 11.3 Å². The topological polar surface area (TPSA) is 92.4 Å². The van der Waals surface area contributed by atoms with Crippen molar-refractivity contribution in [2.24, 2.45) is 0 Å². The number of nitrogens with one attached hydrogen (secondary N) is 1. The number of hydrogen-bond donors (Lipinski definition) is 2. The first-order chi connectivity index (χ1) is 9.54. The van der Waals surface area contributed by atoms with E-state index in [1.54, 1.807) is 25.3 Å². The van der Waals surface area contributed by atoms with Gasteiger partial charge in [0.25, 0.3) is 0 Å². The molecule has 0 fully saturated rings. The molecule has 20 heavy (non-hydrogen) atoms. The first kappa shape index (κ1) is 13.8. The van der Waals surface area contributed by atoms with E-state index in [0.717, 1.165) is 11.3 Å². The predicted octanol–water partition coefficient (Wildman–Crippen LogP) is 2.45. The zero-order valence-corrected chi connectivity index (χ0v) is 10.9. The number of carbonyl (C=O) groups excluding carboxylic acids is 1. The standard InChI is InChI=1S/C14H14N2O4/c1-9-15-12(8-20-9)10-2-4-11(5-3-10)16-13(17)6-7-14(18)19/h2-5,8H,6-7H2,1H3,(H,16,17)(H,18,19). The van der Waals surface area contributed by atoms with Gasteiger partial charge in [-0.25, -0.2) is 4.98 Å². The Morgan fingerprint density at radius 3 is 2.50 bits per heavy atom. The van der Waals surface area contributed by atoms with Gasteiger partial charge in [-0.05, 0) is 12.1 Å². The fourth-order valence-corrected chi connectivity index (χ4v) is 1.66. The average Bonchev–Trinajstić information content (AvgIpc) is 2.84. The molecule has 1 aromatic heterocycles. The third kappa shape index (κ3) is 3.68. The van der Waals surface area contributed by atoms with Crippen LogP contribution in [-0.2, 0) is 9.59 Å². The molecule has 1 aromatic carbocycles. The number of aromatic nitrogens is 1. The normalized spacial score (nSPS) is 10.2. The summed E-state index contributed by atoms with van der Waals surface area (Å²) in [5.74, 6) is -0.722. The SMILES string of the molecule is Cc1nc(-c2ccc(NC(=O)CCC(=O)O)cc2)co1. The van der Waals surface area contributed by atoms with Gasteiger partial charge in [-0.15, -0.1) is 0 Å². The van der Waals surface area contributed by atoms with Gasteiger partial charge in [-0.1, -0.05) is 12.1 Å². The Kier molecular flexibility index (Phi) is 4.14. The van der Waals surface area contributed by atoms with E-state index in [2.05, 4.69) is 10.3 Å². The summed E-state index contributed by atoms with van der Waals surface area (Å²) in [5, 5.41) is 11.1. The largest absolute Gasteiger partial charge is 0.481 e. The molecular weight excluding hydrogens is 260 g/mol. The molecule has 0 saturated heterocycles. The number of carboxylic acid groups (broad SMARTS) is 1. The van der Waals surface area contributed by atoms with Gasteiger partial charge < -0.3 is 14.8 Å². The smallest absolute Gasteiger partial charge is 0.303 e. The zero-order valence-electron chi connectivity index (χ0n) is 10.9. The van der Waals surface area contributed by atoms with E-state index in [0.29, 0.717) is 11.6 Å². The summed E-state index contributed by atoms with van der Waals surface area (Å²) < 4.78 is 5.13. The van der Waals surface area contributed by atoms with Crippen molar-refractivity contribution in [3.05, 3.63) is 36.4 Å². The molecule has 0 unspecified atom stereocenters. The van der Waals surface area contributed by atoms with E-state index in [-0.39, 0.29) is 18.7 Å².